The normalized spacial score (nSPS) is 16.6. The van der Waals surface area contributed by atoms with Crippen molar-refractivity contribution in [2.24, 2.45) is 11.3 Å². The molecule has 0 unspecified atom stereocenters. The number of rotatable bonds is 4. The fraction of sp³-hybridized carbons (Fsp3) is 0.500. The van der Waals surface area contributed by atoms with Crippen LogP contribution in [-0.2, 0) is 0 Å². The van der Waals surface area contributed by atoms with Crippen LogP contribution in [-0.4, -0.2) is 22.7 Å². The lowest BCUT2D eigenvalue weighted by Gasteiger charge is -2.20. The maximum absolute atomic E-state index is 11.9. The third-order valence-corrected chi connectivity index (χ3v) is 3.94. The van der Waals surface area contributed by atoms with Crippen LogP contribution in [0.15, 0.2) is 18.2 Å². The Morgan fingerprint density at radius 3 is 2.61 bits per heavy atom. The number of phenols is 2. The molecule has 0 heterocycles. The van der Waals surface area contributed by atoms with Gasteiger partial charge in [0, 0.05) is 6.54 Å². The van der Waals surface area contributed by atoms with E-state index in [1.54, 1.807) is 0 Å². The Morgan fingerprint density at radius 2 is 2.06 bits per heavy atom. The van der Waals surface area contributed by atoms with Gasteiger partial charge in [-0.15, -0.1) is 0 Å². The van der Waals surface area contributed by atoms with Crippen molar-refractivity contribution in [1.29, 1.82) is 0 Å². The summed E-state index contributed by atoms with van der Waals surface area (Å²) in [6.07, 6.45) is 2.27. The smallest absolute Gasteiger partial charge is 0.255 e. The summed E-state index contributed by atoms with van der Waals surface area (Å²) in [5.74, 6) is 0.0635. The van der Waals surface area contributed by atoms with E-state index in [-0.39, 0.29) is 28.4 Å². The SMILES string of the molecule is CC(C)C1(CNC(=O)c2cc(O)ccc2O)CC1. The van der Waals surface area contributed by atoms with Gasteiger partial charge in [0.25, 0.3) is 5.91 Å². The number of carbonyl (C=O) groups is 1. The highest BCUT2D eigenvalue weighted by Gasteiger charge is 2.45. The molecule has 0 saturated heterocycles. The summed E-state index contributed by atoms with van der Waals surface area (Å²) in [5, 5.41) is 21.8. The fourth-order valence-electron chi connectivity index (χ4n) is 2.18. The molecule has 1 aliphatic rings. The Morgan fingerprint density at radius 1 is 1.39 bits per heavy atom. The van der Waals surface area contributed by atoms with Gasteiger partial charge in [-0.3, -0.25) is 4.79 Å². The first kappa shape index (κ1) is 12.7. The van der Waals surface area contributed by atoms with E-state index in [9.17, 15) is 15.0 Å². The van der Waals surface area contributed by atoms with Gasteiger partial charge >= 0.3 is 0 Å². The molecule has 0 spiro atoms. The molecular formula is C14H19NO3. The van der Waals surface area contributed by atoms with Crippen molar-refractivity contribution in [3.8, 4) is 11.5 Å². The largest absolute Gasteiger partial charge is 0.508 e. The molecule has 0 radical (unpaired) electrons. The van der Waals surface area contributed by atoms with Crippen molar-refractivity contribution in [2.75, 3.05) is 6.54 Å². The summed E-state index contributed by atoms with van der Waals surface area (Å²) in [7, 11) is 0. The van der Waals surface area contributed by atoms with Crippen LogP contribution in [0.4, 0.5) is 0 Å². The highest BCUT2D eigenvalue weighted by atomic mass is 16.3. The fourth-order valence-corrected chi connectivity index (χ4v) is 2.18. The molecule has 1 aliphatic carbocycles. The van der Waals surface area contributed by atoms with Crippen molar-refractivity contribution in [3.05, 3.63) is 23.8 Å². The van der Waals surface area contributed by atoms with Gasteiger partial charge in [0.1, 0.15) is 11.5 Å². The van der Waals surface area contributed by atoms with Gasteiger partial charge in [-0.1, -0.05) is 13.8 Å². The topological polar surface area (TPSA) is 69.6 Å². The van der Waals surface area contributed by atoms with Crippen molar-refractivity contribution >= 4 is 5.91 Å². The Labute approximate surface area is 107 Å². The van der Waals surface area contributed by atoms with Crippen LogP contribution in [0.2, 0.25) is 0 Å². The third kappa shape index (κ3) is 2.42. The molecule has 3 N–H and O–H groups in total. The minimum Gasteiger partial charge on any atom is -0.508 e. The Kier molecular flexibility index (Phi) is 3.20. The molecule has 1 aromatic carbocycles. The number of nitrogens with one attached hydrogen (secondary N) is 1. The number of aromatic hydroxyl groups is 2. The summed E-state index contributed by atoms with van der Waals surface area (Å²) in [6.45, 7) is 4.94. The van der Waals surface area contributed by atoms with Gasteiger partial charge in [0.05, 0.1) is 5.56 Å². The monoisotopic (exact) mass is 249 g/mol. The number of hydrogen-bond donors (Lipinski definition) is 3. The molecule has 0 aromatic heterocycles. The van der Waals surface area contributed by atoms with E-state index in [1.165, 1.54) is 18.2 Å². The number of hydrogen-bond acceptors (Lipinski definition) is 3. The average molecular weight is 249 g/mol. The van der Waals surface area contributed by atoms with Crippen LogP contribution in [0.25, 0.3) is 0 Å². The Hall–Kier alpha value is -1.71. The molecule has 4 heteroatoms. The molecule has 98 valence electrons. The van der Waals surface area contributed by atoms with E-state index in [4.69, 9.17) is 0 Å². The van der Waals surface area contributed by atoms with E-state index >= 15 is 0 Å². The summed E-state index contributed by atoms with van der Waals surface area (Å²) in [6, 6.07) is 3.95. The highest BCUT2D eigenvalue weighted by molar-refractivity contribution is 5.97. The predicted molar refractivity (Wildman–Crippen MR) is 68.6 cm³/mol. The first-order chi connectivity index (χ1) is 8.44. The van der Waals surface area contributed by atoms with Crippen LogP contribution >= 0.6 is 0 Å². The van der Waals surface area contributed by atoms with Gasteiger partial charge in [0.2, 0.25) is 0 Å². The van der Waals surface area contributed by atoms with Gasteiger partial charge in [-0.25, -0.2) is 0 Å². The molecule has 1 aromatic rings. The lowest BCUT2D eigenvalue weighted by atomic mass is 9.92. The first-order valence-corrected chi connectivity index (χ1v) is 6.25. The molecular weight excluding hydrogens is 230 g/mol. The van der Waals surface area contributed by atoms with Crippen molar-refractivity contribution < 1.29 is 15.0 Å². The van der Waals surface area contributed by atoms with E-state index in [1.807, 2.05) is 0 Å². The van der Waals surface area contributed by atoms with E-state index in [0.29, 0.717) is 12.5 Å². The van der Waals surface area contributed by atoms with Crippen molar-refractivity contribution in [2.45, 2.75) is 26.7 Å². The summed E-state index contributed by atoms with van der Waals surface area (Å²) in [5.41, 5.74) is 0.344. The second kappa shape index (κ2) is 4.52. The highest BCUT2D eigenvalue weighted by Crippen LogP contribution is 2.51. The van der Waals surface area contributed by atoms with Crippen LogP contribution in [0, 0.1) is 11.3 Å². The van der Waals surface area contributed by atoms with E-state index < -0.39 is 0 Å². The predicted octanol–water partition coefficient (Wildman–Crippen LogP) is 2.26. The zero-order valence-corrected chi connectivity index (χ0v) is 10.7. The number of phenolic OH excluding ortho intramolecular Hbond substituents is 2. The molecule has 4 nitrogen and oxygen atoms in total. The lowest BCUT2D eigenvalue weighted by Crippen LogP contribution is -2.32. The third-order valence-electron chi connectivity index (χ3n) is 3.94. The van der Waals surface area contributed by atoms with Crippen LogP contribution < -0.4 is 5.32 Å². The van der Waals surface area contributed by atoms with Gasteiger partial charge in [0.15, 0.2) is 0 Å². The first-order valence-electron chi connectivity index (χ1n) is 6.25. The van der Waals surface area contributed by atoms with Gasteiger partial charge in [-0.2, -0.15) is 0 Å². The maximum atomic E-state index is 11.9. The van der Waals surface area contributed by atoms with Gasteiger partial charge in [-0.05, 0) is 42.4 Å². The molecule has 18 heavy (non-hydrogen) atoms. The zero-order chi connectivity index (χ0) is 13.3. The van der Waals surface area contributed by atoms with E-state index in [0.717, 1.165) is 12.8 Å². The number of carbonyl (C=O) groups excluding carboxylic acids is 1. The van der Waals surface area contributed by atoms with Crippen LogP contribution in [0.3, 0.4) is 0 Å². The molecule has 2 rings (SSSR count). The number of benzene rings is 1. The Balaban J connectivity index is 2.02. The molecule has 1 fully saturated rings. The van der Waals surface area contributed by atoms with Crippen LogP contribution in [0.5, 0.6) is 11.5 Å². The summed E-state index contributed by atoms with van der Waals surface area (Å²) >= 11 is 0. The summed E-state index contributed by atoms with van der Waals surface area (Å²) < 4.78 is 0. The number of amides is 1. The standard InChI is InChI=1S/C14H19NO3/c1-9(2)14(5-6-14)8-15-13(18)11-7-10(16)3-4-12(11)17/h3-4,7,9,16-17H,5-6,8H2,1-2H3,(H,15,18). The quantitative estimate of drug-likeness (QED) is 0.717. The van der Waals surface area contributed by atoms with Crippen molar-refractivity contribution in [1.82, 2.24) is 5.32 Å². The van der Waals surface area contributed by atoms with Crippen molar-refractivity contribution in [3.63, 3.8) is 0 Å². The molecule has 0 bridgehead atoms. The molecule has 0 aliphatic heterocycles. The van der Waals surface area contributed by atoms with E-state index in [2.05, 4.69) is 19.2 Å². The minimum atomic E-state index is -0.338. The molecule has 0 atom stereocenters. The second-order valence-corrected chi connectivity index (χ2v) is 5.40. The molecule has 1 saturated carbocycles. The van der Waals surface area contributed by atoms with Crippen LogP contribution in [0.1, 0.15) is 37.0 Å². The second-order valence-electron chi connectivity index (χ2n) is 5.40. The average Bonchev–Trinajstić information content (AvgIpc) is 3.10. The zero-order valence-electron chi connectivity index (χ0n) is 10.7. The summed E-state index contributed by atoms with van der Waals surface area (Å²) in [4.78, 5) is 11.9. The van der Waals surface area contributed by atoms with Gasteiger partial charge < -0.3 is 15.5 Å². The molecule has 1 amide bonds. The minimum absolute atomic E-state index is 0.0251. The Bertz CT molecular complexity index is 464. The lowest BCUT2D eigenvalue weighted by molar-refractivity contribution is 0.0936. The maximum Gasteiger partial charge on any atom is 0.255 e.